The number of rotatable bonds is 1. The summed E-state index contributed by atoms with van der Waals surface area (Å²) in [5, 5.41) is 2.05. The van der Waals surface area contributed by atoms with Gasteiger partial charge < -0.3 is 9.97 Å². The summed E-state index contributed by atoms with van der Waals surface area (Å²) in [6, 6.07) is 8.72. The van der Waals surface area contributed by atoms with Gasteiger partial charge in [0.05, 0.1) is 20.9 Å². The maximum Gasteiger partial charge on any atom is 0.259 e. The molecule has 22 heavy (non-hydrogen) atoms. The van der Waals surface area contributed by atoms with Crippen molar-refractivity contribution < 1.29 is 0 Å². The molecule has 0 aliphatic heterocycles. The normalized spacial score (nSPS) is 11.4. The number of hydrogen-bond acceptors (Lipinski definition) is 3. The maximum absolute atomic E-state index is 12.2. The Hall–Kier alpha value is -2.37. The van der Waals surface area contributed by atoms with Crippen molar-refractivity contribution in [3.05, 3.63) is 56.9 Å². The van der Waals surface area contributed by atoms with Crippen LogP contribution in [0.4, 0.5) is 0 Å². The highest BCUT2D eigenvalue weighted by atomic mass is 35.5. The summed E-state index contributed by atoms with van der Waals surface area (Å²) in [7, 11) is 0. The first kappa shape index (κ1) is 13.3. The Bertz CT molecular complexity index is 1080. The van der Waals surface area contributed by atoms with Crippen molar-refractivity contribution in [1.82, 2.24) is 19.9 Å². The van der Waals surface area contributed by atoms with Crippen LogP contribution >= 0.6 is 23.2 Å². The molecule has 3 aromatic heterocycles. The molecule has 0 saturated carbocycles. The van der Waals surface area contributed by atoms with Crippen molar-refractivity contribution in [2.75, 3.05) is 0 Å². The van der Waals surface area contributed by atoms with Gasteiger partial charge in [-0.1, -0.05) is 23.2 Å². The van der Waals surface area contributed by atoms with Crippen LogP contribution in [0.1, 0.15) is 0 Å². The third-order valence-corrected chi connectivity index (χ3v) is 4.12. The lowest BCUT2D eigenvalue weighted by molar-refractivity contribution is 1.15. The number of hydrogen-bond donors (Lipinski definition) is 2. The molecule has 0 radical (unpaired) electrons. The molecule has 108 valence electrons. The van der Waals surface area contributed by atoms with E-state index in [-0.39, 0.29) is 5.56 Å². The molecule has 0 spiro atoms. The summed E-state index contributed by atoms with van der Waals surface area (Å²) >= 11 is 11.9. The van der Waals surface area contributed by atoms with Crippen molar-refractivity contribution >= 4 is 45.1 Å². The SMILES string of the molecule is O=c1[nH]c(-c2ccc3cc[nH]c3n2)nc2cc(Cl)c(Cl)cc12. The highest BCUT2D eigenvalue weighted by molar-refractivity contribution is 6.42. The van der Waals surface area contributed by atoms with Gasteiger partial charge in [-0.15, -0.1) is 0 Å². The second kappa shape index (κ2) is 4.83. The lowest BCUT2D eigenvalue weighted by Gasteiger charge is -2.04. The van der Waals surface area contributed by atoms with E-state index in [1.165, 1.54) is 6.07 Å². The fourth-order valence-electron chi connectivity index (χ4n) is 2.32. The van der Waals surface area contributed by atoms with Gasteiger partial charge >= 0.3 is 0 Å². The highest BCUT2D eigenvalue weighted by Gasteiger charge is 2.10. The maximum atomic E-state index is 12.2. The van der Waals surface area contributed by atoms with E-state index in [1.54, 1.807) is 18.3 Å². The first-order valence-corrected chi connectivity index (χ1v) is 7.21. The van der Waals surface area contributed by atoms with Crippen LogP contribution < -0.4 is 5.56 Å². The molecule has 0 saturated heterocycles. The molecular weight excluding hydrogens is 323 g/mol. The summed E-state index contributed by atoms with van der Waals surface area (Å²) in [4.78, 5) is 26.8. The van der Waals surface area contributed by atoms with Gasteiger partial charge in [-0.2, -0.15) is 0 Å². The standard InChI is InChI=1S/C15H8Cl2N4O/c16-9-5-8-12(6-10(9)17)20-14(21-15(8)22)11-2-1-7-3-4-18-13(7)19-11/h1-6H,(H,18,19)(H,20,21,22). The van der Waals surface area contributed by atoms with Crippen molar-refractivity contribution in [2.24, 2.45) is 0 Å². The van der Waals surface area contributed by atoms with Gasteiger partial charge in [-0.25, -0.2) is 9.97 Å². The molecule has 4 aromatic rings. The van der Waals surface area contributed by atoms with Gasteiger partial charge in [0, 0.05) is 11.6 Å². The number of nitrogens with one attached hydrogen (secondary N) is 2. The molecular formula is C15H8Cl2N4O. The molecule has 1 aromatic carbocycles. The summed E-state index contributed by atoms with van der Waals surface area (Å²) in [5.41, 5.74) is 1.49. The predicted molar refractivity (Wildman–Crippen MR) is 87.5 cm³/mol. The van der Waals surface area contributed by atoms with Gasteiger partial charge in [0.15, 0.2) is 5.82 Å². The Labute approximate surface area is 133 Å². The third kappa shape index (κ3) is 2.06. The van der Waals surface area contributed by atoms with Crippen LogP contribution in [-0.4, -0.2) is 19.9 Å². The molecule has 0 atom stereocenters. The van der Waals surface area contributed by atoms with Crippen LogP contribution in [0.3, 0.4) is 0 Å². The fraction of sp³-hybridized carbons (Fsp3) is 0. The highest BCUT2D eigenvalue weighted by Crippen LogP contribution is 2.26. The number of H-pyrrole nitrogens is 2. The summed E-state index contributed by atoms with van der Waals surface area (Å²) in [6.45, 7) is 0. The Balaban J connectivity index is 1.98. The zero-order valence-corrected chi connectivity index (χ0v) is 12.5. The quantitative estimate of drug-likeness (QED) is 0.557. The second-order valence-corrected chi connectivity index (χ2v) is 5.62. The van der Waals surface area contributed by atoms with Crippen molar-refractivity contribution in [3.63, 3.8) is 0 Å². The Kier molecular flexibility index (Phi) is 2.92. The molecule has 0 bridgehead atoms. The first-order valence-electron chi connectivity index (χ1n) is 6.45. The first-order chi connectivity index (χ1) is 10.6. The van der Waals surface area contributed by atoms with Crippen molar-refractivity contribution in [3.8, 4) is 11.5 Å². The van der Waals surface area contributed by atoms with E-state index in [0.29, 0.717) is 32.5 Å². The number of nitrogens with zero attached hydrogens (tertiary/aromatic N) is 2. The Morgan fingerprint density at radius 1 is 1.00 bits per heavy atom. The predicted octanol–water partition coefficient (Wildman–Crippen LogP) is 3.77. The van der Waals surface area contributed by atoms with Crippen LogP contribution in [0, 0.1) is 0 Å². The van der Waals surface area contributed by atoms with Gasteiger partial charge in [0.2, 0.25) is 0 Å². The van der Waals surface area contributed by atoms with Gasteiger partial charge in [0.1, 0.15) is 11.3 Å². The van der Waals surface area contributed by atoms with Crippen LogP contribution in [0.5, 0.6) is 0 Å². The molecule has 0 amide bonds. The van der Waals surface area contributed by atoms with E-state index in [4.69, 9.17) is 23.2 Å². The van der Waals surface area contributed by atoms with Crippen LogP contribution in [0.15, 0.2) is 41.3 Å². The van der Waals surface area contributed by atoms with E-state index >= 15 is 0 Å². The minimum atomic E-state index is -0.285. The molecule has 7 heteroatoms. The van der Waals surface area contributed by atoms with E-state index in [1.807, 2.05) is 12.1 Å². The average molecular weight is 331 g/mol. The lowest BCUT2D eigenvalue weighted by Crippen LogP contribution is -2.10. The summed E-state index contributed by atoms with van der Waals surface area (Å²) < 4.78 is 0. The molecule has 2 N–H and O–H groups in total. The Morgan fingerprint density at radius 3 is 2.68 bits per heavy atom. The average Bonchev–Trinajstić information content (AvgIpc) is 2.96. The Morgan fingerprint density at radius 2 is 1.82 bits per heavy atom. The van der Waals surface area contributed by atoms with Crippen LogP contribution in [0.2, 0.25) is 10.0 Å². The fourth-order valence-corrected chi connectivity index (χ4v) is 2.64. The van der Waals surface area contributed by atoms with Gasteiger partial charge in [-0.3, -0.25) is 4.79 Å². The molecule has 0 aliphatic rings. The minimum absolute atomic E-state index is 0.285. The topological polar surface area (TPSA) is 74.4 Å². The van der Waals surface area contributed by atoms with E-state index in [0.717, 1.165) is 11.0 Å². The molecule has 0 fully saturated rings. The number of fused-ring (bicyclic) bond motifs is 2. The molecule has 0 aliphatic carbocycles. The van der Waals surface area contributed by atoms with E-state index in [9.17, 15) is 4.79 Å². The summed E-state index contributed by atoms with van der Waals surface area (Å²) in [5.74, 6) is 0.382. The minimum Gasteiger partial charge on any atom is -0.346 e. The zero-order chi connectivity index (χ0) is 15.3. The van der Waals surface area contributed by atoms with Crippen molar-refractivity contribution in [2.45, 2.75) is 0 Å². The number of benzene rings is 1. The zero-order valence-electron chi connectivity index (χ0n) is 11.0. The van der Waals surface area contributed by atoms with Crippen LogP contribution in [-0.2, 0) is 0 Å². The number of halogens is 2. The molecule has 5 nitrogen and oxygen atoms in total. The van der Waals surface area contributed by atoms with Crippen molar-refractivity contribution in [1.29, 1.82) is 0 Å². The molecule has 3 heterocycles. The largest absolute Gasteiger partial charge is 0.346 e. The number of pyridine rings is 1. The number of aromatic nitrogens is 4. The monoisotopic (exact) mass is 330 g/mol. The summed E-state index contributed by atoms with van der Waals surface area (Å²) in [6.07, 6.45) is 1.81. The van der Waals surface area contributed by atoms with Gasteiger partial charge in [-0.05, 0) is 30.3 Å². The van der Waals surface area contributed by atoms with E-state index in [2.05, 4.69) is 19.9 Å². The molecule has 0 unspecified atom stereocenters. The second-order valence-electron chi connectivity index (χ2n) is 4.81. The third-order valence-electron chi connectivity index (χ3n) is 3.40. The van der Waals surface area contributed by atoms with Gasteiger partial charge in [0.25, 0.3) is 5.56 Å². The van der Waals surface area contributed by atoms with Crippen LogP contribution in [0.25, 0.3) is 33.5 Å². The van der Waals surface area contributed by atoms with E-state index < -0.39 is 0 Å². The smallest absolute Gasteiger partial charge is 0.259 e. The lowest BCUT2D eigenvalue weighted by atomic mass is 10.2. The number of aromatic amines is 2. The molecule has 4 rings (SSSR count).